The van der Waals surface area contributed by atoms with Gasteiger partial charge < -0.3 is 9.80 Å². The highest BCUT2D eigenvalue weighted by Crippen LogP contribution is 2.45. The van der Waals surface area contributed by atoms with Gasteiger partial charge in [0.25, 0.3) is 5.91 Å². The maximum atomic E-state index is 12.7. The Morgan fingerprint density at radius 2 is 1.81 bits per heavy atom. The molecule has 0 N–H and O–H groups in total. The minimum Gasteiger partial charge on any atom is -0.349 e. The lowest BCUT2D eigenvalue weighted by molar-refractivity contribution is -0.135. The van der Waals surface area contributed by atoms with E-state index in [9.17, 15) is 18.0 Å². The molecule has 2 aliphatic rings. The van der Waals surface area contributed by atoms with Crippen molar-refractivity contribution in [3.05, 3.63) is 35.4 Å². The smallest absolute Gasteiger partial charge is 0.253 e. The normalized spacial score (nSPS) is 22.9. The lowest BCUT2D eigenvalue weighted by atomic mass is 9.82. The number of nitrogens with zero attached hydrogens (tertiary/aromatic N) is 2. The van der Waals surface area contributed by atoms with Gasteiger partial charge in [0, 0.05) is 32.7 Å². The molecule has 2 aliphatic heterocycles. The monoisotopic (exact) mass is 378 g/mol. The van der Waals surface area contributed by atoms with Crippen molar-refractivity contribution in [3.8, 4) is 0 Å². The molecule has 0 radical (unpaired) electrons. The predicted octanol–water partition coefficient (Wildman–Crippen LogP) is 1.36. The van der Waals surface area contributed by atoms with Crippen LogP contribution in [0.2, 0.25) is 0 Å². The first kappa shape index (κ1) is 18.9. The minimum absolute atomic E-state index is 0.0188. The summed E-state index contributed by atoms with van der Waals surface area (Å²) in [5, 5.41) is 0. The van der Waals surface area contributed by atoms with Gasteiger partial charge >= 0.3 is 0 Å². The Bertz CT molecular complexity index is 808. The van der Waals surface area contributed by atoms with Crippen molar-refractivity contribution < 1.29 is 18.0 Å². The van der Waals surface area contributed by atoms with Crippen LogP contribution in [0.15, 0.2) is 24.3 Å². The molecule has 142 valence electrons. The zero-order valence-corrected chi connectivity index (χ0v) is 16.4. The molecule has 0 bridgehead atoms. The Kier molecular flexibility index (Phi) is 4.86. The van der Waals surface area contributed by atoms with Crippen molar-refractivity contribution in [3.63, 3.8) is 0 Å². The van der Waals surface area contributed by atoms with Crippen LogP contribution in [0.5, 0.6) is 0 Å². The number of carbonyl (C=O) groups excluding carboxylic acids is 2. The number of hydrogen-bond donors (Lipinski definition) is 0. The van der Waals surface area contributed by atoms with Crippen molar-refractivity contribution >= 4 is 21.7 Å². The highest BCUT2D eigenvalue weighted by Gasteiger charge is 2.64. The van der Waals surface area contributed by atoms with Crippen LogP contribution in [-0.2, 0) is 21.1 Å². The van der Waals surface area contributed by atoms with E-state index >= 15 is 0 Å². The van der Waals surface area contributed by atoms with E-state index in [0.717, 1.165) is 12.8 Å². The van der Waals surface area contributed by atoms with Crippen molar-refractivity contribution in [2.45, 2.75) is 30.9 Å². The molecule has 1 atom stereocenters. The number of sulfone groups is 1. The highest BCUT2D eigenvalue weighted by molar-refractivity contribution is 7.93. The van der Waals surface area contributed by atoms with E-state index in [2.05, 4.69) is 6.92 Å². The second-order valence-corrected chi connectivity index (χ2v) is 10.0. The molecule has 0 aromatic heterocycles. The molecule has 1 aromatic rings. The van der Waals surface area contributed by atoms with Crippen LogP contribution < -0.4 is 0 Å². The average Bonchev–Trinajstić information content (AvgIpc) is 2.84. The van der Waals surface area contributed by atoms with E-state index in [0.29, 0.717) is 12.0 Å². The maximum absolute atomic E-state index is 12.7. The van der Waals surface area contributed by atoms with Gasteiger partial charge in [-0.1, -0.05) is 25.5 Å². The number of rotatable bonds is 4. The number of aryl methyl sites for hydroxylation is 1. The SMILES string of the molecule is CCCc1ccc(C(=O)N2CC3(C2)C(C(=O)N(C)C)CCS3(=O)=O)cc1. The number of hydrogen-bond acceptors (Lipinski definition) is 4. The first-order valence-corrected chi connectivity index (χ1v) is 10.7. The first-order chi connectivity index (χ1) is 12.2. The summed E-state index contributed by atoms with van der Waals surface area (Å²) in [5.41, 5.74) is 1.74. The Morgan fingerprint density at radius 1 is 1.19 bits per heavy atom. The zero-order valence-electron chi connectivity index (χ0n) is 15.6. The fraction of sp³-hybridized carbons (Fsp3) is 0.579. The standard InChI is InChI=1S/C19H26N2O4S/c1-4-5-14-6-8-15(9-7-14)17(22)21-12-19(13-21)16(18(23)20(2)3)10-11-26(19,24)25/h6-9,16H,4-5,10-13H2,1-3H3. The second kappa shape index (κ2) is 6.68. The molecule has 2 amide bonds. The van der Waals surface area contributed by atoms with Gasteiger partial charge in [-0.05, 0) is 30.5 Å². The molecule has 3 rings (SSSR count). The lowest BCUT2D eigenvalue weighted by Crippen LogP contribution is -2.69. The average molecular weight is 378 g/mol. The van der Waals surface area contributed by atoms with E-state index in [1.54, 1.807) is 31.1 Å². The lowest BCUT2D eigenvalue weighted by Gasteiger charge is -2.49. The largest absolute Gasteiger partial charge is 0.349 e. The van der Waals surface area contributed by atoms with E-state index in [1.165, 1.54) is 10.5 Å². The van der Waals surface area contributed by atoms with Gasteiger partial charge in [0.2, 0.25) is 5.91 Å². The van der Waals surface area contributed by atoms with Crippen LogP contribution >= 0.6 is 0 Å². The summed E-state index contributed by atoms with van der Waals surface area (Å²) < 4.78 is 24.1. The Labute approximate surface area is 155 Å². The van der Waals surface area contributed by atoms with Crippen LogP contribution in [0.1, 0.15) is 35.7 Å². The summed E-state index contributed by atoms with van der Waals surface area (Å²) in [6.07, 6.45) is 2.35. The Hall–Kier alpha value is -1.89. The minimum atomic E-state index is -3.38. The van der Waals surface area contributed by atoms with Crippen LogP contribution in [0.3, 0.4) is 0 Å². The second-order valence-electron chi connectivity index (χ2n) is 7.57. The number of likely N-dealkylation sites (tertiary alicyclic amines) is 1. The third kappa shape index (κ3) is 2.92. The van der Waals surface area contributed by atoms with Gasteiger partial charge in [-0.15, -0.1) is 0 Å². The summed E-state index contributed by atoms with van der Waals surface area (Å²) in [4.78, 5) is 28.1. The molecule has 1 unspecified atom stereocenters. The highest BCUT2D eigenvalue weighted by atomic mass is 32.2. The molecule has 6 nitrogen and oxygen atoms in total. The Balaban J connectivity index is 1.76. The number of amides is 2. The maximum Gasteiger partial charge on any atom is 0.253 e. The van der Waals surface area contributed by atoms with Crippen molar-refractivity contribution in [1.29, 1.82) is 0 Å². The molecular weight excluding hydrogens is 352 g/mol. The predicted molar refractivity (Wildman–Crippen MR) is 99.7 cm³/mol. The van der Waals surface area contributed by atoms with Crippen LogP contribution in [0.25, 0.3) is 0 Å². The van der Waals surface area contributed by atoms with Crippen LogP contribution in [-0.4, -0.2) is 67.7 Å². The molecule has 2 saturated heterocycles. The number of carbonyl (C=O) groups is 2. The fourth-order valence-corrected chi connectivity index (χ4v) is 6.37. The van der Waals surface area contributed by atoms with E-state index < -0.39 is 20.5 Å². The fourth-order valence-electron chi connectivity index (χ4n) is 4.06. The van der Waals surface area contributed by atoms with Gasteiger partial charge in [-0.25, -0.2) is 8.42 Å². The van der Waals surface area contributed by atoms with Gasteiger partial charge in [-0.2, -0.15) is 0 Å². The van der Waals surface area contributed by atoms with Gasteiger partial charge in [0.15, 0.2) is 9.84 Å². The van der Waals surface area contributed by atoms with E-state index in [-0.39, 0.29) is 30.7 Å². The molecule has 7 heteroatoms. The van der Waals surface area contributed by atoms with E-state index in [4.69, 9.17) is 0 Å². The molecule has 1 aromatic carbocycles. The molecule has 2 heterocycles. The number of benzene rings is 1. The zero-order chi connectivity index (χ0) is 19.1. The first-order valence-electron chi connectivity index (χ1n) is 9.03. The summed E-state index contributed by atoms with van der Waals surface area (Å²) in [6, 6.07) is 7.47. The molecular formula is C19H26N2O4S. The van der Waals surface area contributed by atoms with Crippen molar-refractivity contribution in [2.24, 2.45) is 5.92 Å². The third-order valence-corrected chi connectivity index (χ3v) is 8.17. The molecule has 2 fully saturated rings. The molecule has 1 spiro atoms. The van der Waals surface area contributed by atoms with Gasteiger partial charge in [0.05, 0.1) is 11.7 Å². The quantitative estimate of drug-likeness (QED) is 0.793. The van der Waals surface area contributed by atoms with Gasteiger partial charge in [0.1, 0.15) is 4.75 Å². The molecule has 26 heavy (non-hydrogen) atoms. The van der Waals surface area contributed by atoms with Crippen LogP contribution in [0, 0.1) is 5.92 Å². The molecule has 0 saturated carbocycles. The summed E-state index contributed by atoms with van der Waals surface area (Å²) in [5.74, 6) is -0.872. The summed E-state index contributed by atoms with van der Waals surface area (Å²) in [7, 11) is -0.103. The van der Waals surface area contributed by atoms with Crippen molar-refractivity contribution in [1.82, 2.24) is 9.80 Å². The Morgan fingerprint density at radius 3 is 2.35 bits per heavy atom. The third-order valence-electron chi connectivity index (χ3n) is 5.61. The van der Waals surface area contributed by atoms with Gasteiger partial charge in [-0.3, -0.25) is 9.59 Å². The van der Waals surface area contributed by atoms with E-state index in [1.807, 2.05) is 12.1 Å². The van der Waals surface area contributed by atoms with Crippen molar-refractivity contribution in [2.75, 3.05) is 32.9 Å². The summed E-state index contributed by atoms with van der Waals surface area (Å²) >= 11 is 0. The summed E-state index contributed by atoms with van der Waals surface area (Å²) in [6.45, 7) is 2.32. The molecule has 0 aliphatic carbocycles. The topological polar surface area (TPSA) is 74.8 Å². The van der Waals surface area contributed by atoms with Crippen LogP contribution in [0.4, 0.5) is 0 Å².